The molecule has 1 amide bonds. The Morgan fingerprint density at radius 1 is 1.42 bits per heavy atom. The fraction of sp³-hybridized carbons (Fsp3) is 0.467. The van der Waals surface area contributed by atoms with Crippen molar-refractivity contribution in [1.29, 1.82) is 0 Å². The standard InChI is InChI=1S/C15H16F3N3OS.ClH/c1-8-10-4-5-11(15(16,17)18)21-14(10)23-12(8)13(22)20-9-3-2-6-19-7-9;/h4-5,9,19H,2-3,6-7H2,1H3,(H,20,22);1H. The van der Waals surface area contributed by atoms with E-state index in [9.17, 15) is 18.0 Å². The summed E-state index contributed by atoms with van der Waals surface area (Å²) in [7, 11) is 0. The maximum absolute atomic E-state index is 12.7. The first-order valence-corrected chi connectivity index (χ1v) is 8.17. The van der Waals surface area contributed by atoms with E-state index < -0.39 is 11.9 Å². The highest BCUT2D eigenvalue weighted by Gasteiger charge is 2.33. The molecule has 2 N–H and O–H groups in total. The van der Waals surface area contributed by atoms with Gasteiger partial charge >= 0.3 is 6.18 Å². The minimum absolute atomic E-state index is 0. The molecule has 0 saturated carbocycles. The van der Waals surface area contributed by atoms with Crippen LogP contribution in [0.3, 0.4) is 0 Å². The monoisotopic (exact) mass is 379 g/mol. The maximum atomic E-state index is 12.7. The highest BCUT2D eigenvalue weighted by Crippen LogP contribution is 2.34. The molecule has 1 saturated heterocycles. The predicted molar refractivity (Wildman–Crippen MR) is 90.0 cm³/mol. The number of hydrogen-bond donors (Lipinski definition) is 2. The molecule has 0 spiro atoms. The molecule has 4 nitrogen and oxygen atoms in total. The predicted octanol–water partition coefficient (Wildman–Crippen LogP) is 3.53. The topological polar surface area (TPSA) is 54.0 Å². The Morgan fingerprint density at radius 2 is 2.17 bits per heavy atom. The van der Waals surface area contributed by atoms with Crippen molar-refractivity contribution in [2.45, 2.75) is 32.0 Å². The largest absolute Gasteiger partial charge is 0.433 e. The van der Waals surface area contributed by atoms with Crippen LogP contribution in [0.1, 0.15) is 33.8 Å². The Kier molecular flexibility index (Phi) is 5.72. The van der Waals surface area contributed by atoms with Crippen LogP contribution in [0.2, 0.25) is 0 Å². The van der Waals surface area contributed by atoms with Crippen LogP contribution in [0.15, 0.2) is 12.1 Å². The van der Waals surface area contributed by atoms with Crippen LogP contribution in [-0.4, -0.2) is 30.0 Å². The van der Waals surface area contributed by atoms with Crippen molar-refractivity contribution in [3.63, 3.8) is 0 Å². The number of thiophene rings is 1. The van der Waals surface area contributed by atoms with Gasteiger partial charge in [0, 0.05) is 18.0 Å². The van der Waals surface area contributed by atoms with Crippen molar-refractivity contribution in [1.82, 2.24) is 15.6 Å². The Bertz CT molecular complexity index is 741. The van der Waals surface area contributed by atoms with Crippen molar-refractivity contribution < 1.29 is 18.0 Å². The number of aromatic nitrogens is 1. The molecule has 2 aromatic heterocycles. The molecule has 1 atom stereocenters. The molecule has 0 aliphatic carbocycles. The van der Waals surface area contributed by atoms with Gasteiger partial charge < -0.3 is 10.6 Å². The number of aryl methyl sites for hydroxylation is 1. The van der Waals surface area contributed by atoms with Gasteiger partial charge in [0.1, 0.15) is 10.5 Å². The second-order valence-corrected chi connectivity index (χ2v) is 6.62. The molecule has 1 aliphatic heterocycles. The molecular formula is C15H17ClF3N3OS. The number of fused-ring (bicyclic) bond motifs is 1. The SMILES string of the molecule is Cc1c(C(=O)NC2CCCNC2)sc2nc(C(F)(F)F)ccc12.Cl. The number of piperidine rings is 1. The summed E-state index contributed by atoms with van der Waals surface area (Å²) in [6, 6.07) is 2.39. The molecule has 0 aromatic carbocycles. The van der Waals surface area contributed by atoms with Crippen molar-refractivity contribution in [3.8, 4) is 0 Å². The van der Waals surface area contributed by atoms with Gasteiger partial charge in [-0.05, 0) is 44.0 Å². The van der Waals surface area contributed by atoms with Gasteiger partial charge in [-0.1, -0.05) is 0 Å². The number of pyridine rings is 1. The number of amides is 1. The minimum Gasteiger partial charge on any atom is -0.347 e. The Labute approximate surface area is 147 Å². The second-order valence-electron chi connectivity index (χ2n) is 5.62. The van der Waals surface area contributed by atoms with Crippen molar-refractivity contribution in [3.05, 3.63) is 28.3 Å². The van der Waals surface area contributed by atoms with E-state index >= 15 is 0 Å². The fourth-order valence-corrected chi connectivity index (χ4v) is 3.78. The van der Waals surface area contributed by atoms with E-state index in [0.717, 1.165) is 36.8 Å². The molecule has 132 valence electrons. The molecule has 1 fully saturated rings. The first-order valence-electron chi connectivity index (χ1n) is 7.35. The zero-order valence-corrected chi connectivity index (χ0v) is 14.5. The summed E-state index contributed by atoms with van der Waals surface area (Å²) >= 11 is 1.01. The molecule has 24 heavy (non-hydrogen) atoms. The lowest BCUT2D eigenvalue weighted by atomic mass is 10.1. The summed E-state index contributed by atoms with van der Waals surface area (Å²) < 4.78 is 38.2. The van der Waals surface area contributed by atoms with Crippen molar-refractivity contribution >= 4 is 39.9 Å². The van der Waals surface area contributed by atoms with Crippen LogP contribution in [0.25, 0.3) is 10.2 Å². The normalized spacial score (nSPS) is 18.2. The minimum atomic E-state index is -4.48. The number of carbonyl (C=O) groups is 1. The van der Waals surface area contributed by atoms with E-state index in [1.54, 1.807) is 6.92 Å². The van der Waals surface area contributed by atoms with Crippen LogP contribution in [0.4, 0.5) is 13.2 Å². The maximum Gasteiger partial charge on any atom is 0.433 e. The van der Waals surface area contributed by atoms with Crippen molar-refractivity contribution in [2.75, 3.05) is 13.1 Å². The molecule has 3 rings (SSSR count). The lowest BCUT2D eigenvalue weighted by Gasteiger charge is -2.23. The quantitative estimate of drug-likeness (QED) is 0.839. The fourth-order valence-electron chi connectivity index (χ4n) is 2.70. The highest BCUT2D eigenvalue weighted by atomic mass is 35.5. The Morgan fingerprint density at radius 3 is 2.79 bits per heavy atom. The molecule has 2 aromatic rings. The Balaban J connectivity index is 0.00000208. The molecule has 1 aliphatic rings. The van der Waals surface area contributed by atoms with E-state index in [-0.39, 0.29) is 29.2 Å². The first kappa shape index (κ1) is 19.0. The van der Waals surface area contributed by atoms with Crippen LogP contribution < -0.4 is 10.6 Å². The van der Waals surface area contributed by atoms with Crippen molar-refractivity contribution in [2.24, 2.45) is 0 Å². The summed E-state index contributed by atoms with van der Waals surface area (Å²) in [6.07, 6.45) is -2.59. The van der Waals surface area contributed by atoms with Gasteiger partial charge in [0.15, 0.2) is 0 Å². The lowest BCUT2D eigenvalue weighted by molar-refractivity contribution is -0.140. The van der Waals surface area contributed by atoms with E-state index in [4.69, 9.17) is 0 Å². The smallest absolute Gasteiger partial charge is 0.347 e. The van der Waals surface area contributed by atoms with Gasteiger partial charge in [-0.2, -0.15) is 13.2 Å². The molecule has 0 radical (unpaired) electrons. The summed E-state index contributed by atoms with van der Waals surface area (Å²) in [5.41, 5.74) is -0.262. The van der Waals surface area contributed by atoms with Crippen LogP contribution in [0, 0.1) is 6.92 Å². The summed E-state index contributed by atoms with van der Waals surface area (Å²) in [5, 5.41) is 6.74. The lowest BCUT2D eigenvalue weighted by Crippen LogP contribution is -2.45. The number of alkyl halides is 3. The second kappa shape index (κ2) is 7.25. The van der Waals surface area contributed by atoms with Gasteiger partial charge in [-0.25, -0.2) is 4.98 Å². The molecule has 3 heterocycles. The van der Waals surface area contributed by atoms with Gasteiger partial charge in [-0.3, -0.25) is 4.79 Å². The number of hydrogen-bond acceptors (Lipinski definition) is 4. The van der Waals surface area contributed by atoms with E-state index in [1.165, 1.54) is 6.07 Å². The van der Waals surface area contributed by atoms with E-state index in [0.29, 0.717) is 22.4 Å². The average Bonchev–Trinajstić information content (AvgIpc) is 2.84. The highest BCUT2D eigenvalue weighted by molar-refractivity contribution is 7.20. The summed E-state index contributed by atoms with van der Waals surface area (Å²) in [4.78, 5) is 16.7. The van der Waals surface area contributed by atoms with Gasteiger partial charge in [-0.15, -0.1) is 23.7 Å². The third kappa shape index (κ3) is 3.81. The van der Waals surface area contributed by atoms with Gasteiger partial charge in [0.05, 0.1) is 4.88 Å². The zero-order chi connectivity index (χ0) is 16.6. The number of nitrogens with one attached hydrogen (secondary N) is 2. The number of halogens is 4. The first-order chi connectivity index (χ1) is 10.9. The third-order valence-electron chi connectivity index (χ3n) is 3.93. The Hall–Kier alpha value is -1.38. The van der Waals surface area contributed by atoms with Gasteiger partial charge in [0.2, 0.25) is 0 Å². The van der Waals surface area contributed by atoms with Gasteiger partial charge in [0.25, 0.3) is 5.91 Å². The zero-order valence-electron chi connectivity index (χ0n) is 12.9. The number of rotatable bonds is 2. The van der Waals surface area contributed by atoms with Crippen LogP contribution in [0.5, 0.6) is 0 Å². The molecule has 1 unspecified atom stereocenters. The average molecular weight is 380 g/mol. The van der Waals surface area contributed by atoms with Crippen LogP contribution >= 0.6 is 23.7 Å². The number of carbonyl (C=O) groups excluding carboxylic acids is 1. The molecular weight excluding hydrogens is 363 g/mol. The molecule has 0 bridgehead atoms. The third-order valence-corrected chi connectivity index (χ3v) is 5.13. The van der Waals surface area contributed by atoms with E-state index in [1.807, 2.05) is 0 Å². The summed E-state index contributed by atoms with van der Waals surface area (Å²) in [6.45, 7) is 3.40. The van der Waals surface area contributed by atoms with E-state index in [2.05, 4.69) is 15.6 Å². The molecule has 9 heteroatoms. The summed E-state index contributed by atoms with van der Waals surface area (Å²) in [5.74, 6) is -0.243. The van der Waals surface area contributed by atoms with Crippen LogP contribution in [-0.2, 0) is 6.18 Å². The number of nitrogens with zero attached hydrogens (tertiary/aromatic N) is 1.